The standard InChI is InChI=1S/C97H88N2/c1-94(2,3)73-47-41-62(42-48-73)68-45-51-85-83(54-68)90-84-55-69(63-43-49-74(50-44-63)95(4,5)6)46-52-86(84)99(93-81(66-33-21-15-22-34-66)60-76(97(10,11)12)61-82(93)67-35-23-16-24-36-67)88-57-72(89-77-39-27-25-37-70(77)53-71-38-26-28-40-78(71)89)56-87(91(88)90)98(85)92-79(64-29-17-13-18-30-64)58-75(96(7,8)9)59-80(92)65-31-19-14-20-32-65/h13-52,54-61,89-90H,53H2,1-12H3. The number of benzene rings is 13. The van der Waals surface area contributed by atoms with Crippen molar-refractivity contribution in [3.05, 3.63) is 358 Å². The molecule has 16 rings (SSSR count). The fourth-order valence-corrected chi connectivity index (χ4v) is 16.0. The summed E-state index contributed by atoms with van der Waals surface area (Å²) in [5.74, 6) is -0.330. The molecule has 0 fully saturated rings. The third-order valence-corrected chi connectivity index (χ3v) is 21.4. The summed E-state index contributed by atoms with van der Waals surface area (Å²) < 4.78 is 0. The lowest BCUT2D eigenvalue weighted by atomic mass is 9.71. The summed E-state index contributed by atoms with van der Waals surface area (Å²) in [5.41, 5.74) is 36.5. The zero-order valence-electron chi connectivity index (χ0n) is 59.5. The van der Waals surface area contributed by atoms with Crippen molar-refractivity contribution in [1.82, 2.24) is 0 Å². The van der Waals surface area contributed by atoms with Gasteiger partial charge in [-0.25, -0.2) is 0 Å². The molecule has 0 N–H and O–H groups in total. The van der Waals surface area contributed by atoms with Gasteiger partial charge >= 0.3 is 0 Å². The van der Waals surface area contributed by atoms with Gasteiger partial charge in [0.1, 0.15) is 0 Å². The van der Waals surface area contributed by atoms with Gasteiger partial charge in [-0.1, -0.05) is 314 Å². The number of hydrogen-bond acceptors (Lipinski definition) is 2. The van der Waals surface area contributed by atoms with Crippen LogP contribution in [0.2, 0.25) is 0 Å². The predicted molar refractivity (Wildman–Crippen MR) is 421 cm³/mol. The minimum absolute atomic E-state index is 0.00135. The van der Waals surface area contributed by atoms with Crippen molar-refractivity contribution in [2.75, 3.05) is 9.80 Å². The molecule has 2 heterocycles. The molecule has 0 aromatic heterocycles. The average Bonchev–Trinajstić information content (AvgIpc) is 0.685. The van der Waals surface area contributed by atoms with Crippen LogP contribution in [0, 0.1) is 0 Å². The minimum Gasteiger partial charge on any atom is -0.309 e. The Labute approximate surface area is 588 Å². The molecule has 0 unspecified atom stereocenters. The Morgan fingerprint density at radius 1 is 0.242 bits per heavy atom. The second-order valence-electron chi connectivity index (χ2n) is 32.1. The normalized spacial score (nSPS) is 13.7. The molecule has 0 amide bonds. The van der Waals surface area contributed by atoms with E-state index in [2.05, 4.69) is 384 Å². The first-order valence-electron chi connectivity index (χ1n) is 35.7. The van der Waals surface area contributed by atoms with Crippen LogP contribution >= 0.6 is 0 Å². The van der Waals surface area contributed by atoms with Crippen LogP contribution in [0.25, 0.3) is 66.8 Å². The van der Waals surface area contributed by atoms with E-state index in [1.54, 1.807) is 0 Å². The number of rotatable bonds is 9. The van der Waals surface area contributed by atoms with Gasteiger partial charge in [-0.3, -0.25) is 0 Å². The summed E-state index contributed by atoms with van der Waals surface area (Å²) in [6.45, 7) is 28.0. The van der Waals surface area contributed by atoms with Crippen LogP contribution in [-0.4, -0.2) is 0 Å². The number of hydrogen-bond donors (Lipinski definition) is 0. The summed E-state index contributed by atoms with van der Waals surface area (Å²) in [4.78, 5) is 5.49. The Morgan fingerprint density at radius 3 is 0.869 bits per heavy atom. The van der Waals surface area contributed by atoms with Crippen molar-refractivity contribution in [1.29, 1.82) is 0 Å². The molecule has 2 heteroatoms. The lowest BCUT2D eigenvalue weighted by Crippen LogP contribution is -2.31. The van der Waals surface area contributed by atoms with E-state index in [-0.39, 0.29) is 33.5 Å². The molecular formula is C97H88N2. The molecule has 2 aliphatic heterocycles. The molecule has 486 valence electrons. The summed E-state index contributed by atoms with van der Waals surface area (Å²) >= 11 is 0. The quantitative estimate of drug-likeness (QED) is 0.142. The molecule has 0 radical (unpaired) electrons. The number of nitrogens with zero attached hydrogens (tertiary/aromatic N) is 2. The molecule has 0 spiro atoms. The fraction of sp³-hybridized carbons (Fsp3) is 0.196. The van der Waals surface area contributed by atoms with Gasteiger partial charge < -0.3 is 9.80 Å². The van der Waals surface area contributed by atoms with Crippen LogP contribution in [0.4, 0.5) is 34.1 Å². The number of anilines is 6. The predicted octanol–water partition coefficient (Wildman–Crippen LogP) is 26.7. The first-order chi connectivity index (χ1) is 47.6. The van der Waals surface area contributed by atoms with E-state index in [0.717, 1.165) is 29.2 Å². The van der Waals surface area contributed by atoms with E-state index >= 15 is 0 Å². The SMILES string of the molecule is CC(C)(C)c1ccc(-c2ccc3c(c2)C2c4cc(-c5ccc(C(C)(C)C)cc5)ccc4N(c4c(-c5ccccc5)cc(C(C)(C)C)cc4-c4ccccc4)c4cc(C5c6ccccc6Cc6ccccc65)cc(c42)N3c2c(-c3ccccc3)cc(C(C)(C)C)cc2-c2ccccc2)cc1. The summed E-state index contributed by atoms with van der Waals surface area (Å²) in [6, 6.07) is 113. The zero-order chi connectivity index (χ0) is 68.3. The topological polar surface area (TPSA) is 6.48 Å². The summed E-state index contributed by atoms with van der Waals surface area (Å²) in [6.07, 6.45) is 0.881. The van der Waals surface area contributed by atoms with E-state index in [4.69, 9.17) is 0 Å². The van der Waals surface area contributed by atoms with Gasteiger partial charge in [0.15, 0.2) is 0 Å². The van der Waals surface area contributed by atoms with Gasteiger partial charge in [0.05, 0.1) is 34.1 Å². The van der Waals surface area contributed by atoms with E-state index < -0.39 is 0 Å². The third kappa shape index (κ3) is 11.3. The summed E-state index contributed by atoms with van der Waals surface area (Å²) in [7, 11) is 0. The van der Waals surface area contributed by atoms with Gasteiger partial charge in [-0.2, -0.15) is 0 Å². The lowest BCUT2D eigenvalue weighted by Gasteiger charge is -2.47. The highest BCUT2D eigenvalue weighted by molar-refractivity contribution is 6.07. The monoisotopic (exact) mass is 1280 g/mol. The maximum Gasteiger partial charge on any atom is 0.0618 e. The Balaban J connectivity index is 1.12. The largest absolute Gasteiger partial charge is 0.309 e. The number of fused-ring (bicyclic) bond motifs is 6. The van der Waals surface area contributed by atoms with Crippen molar-refractivity contribution in [3.8, 4) is 66.8 Å². The van der Waals surface area contributed by atoms with Gasteiger partial charge in [-0.05, 0) is 194 Å². The molecule has 0 atom stereocenters. The average molecular weight is 1280 g/mol. The highest BCUT2D eigenvalue weighted by Gasteiger charge is 2.45. The van der Waals surface area contributed by atoms with Crippen molar-refractivity contribution < 1.29 is 0 Å². The maximum absolute atomic E-state index is 2.75. The third-order valence-electron chi connectivity index (χ3n) is 21.4. The fourth-order valence-electron chi connectivity index (χ4n) is 16.0. The van der Waals surface area contributed by atoms with Gasteiger partial charge in [-0.15, -0.1) is 0 Å². The molecule has 3 aliphatic rings. The van der Waals surface area contributed by atoms with Crippen molar-refractivity contribution in [3.63, 3.8) is 0 Å². The molecule has 0 saturated carbocycles. The van der Waals surface area contributed by atoms with Crippen LogP contribution in [-0.2, 0) is 28.1 Å². The van der Waals surface area contributed by atoms with Crippen LogP contribution in [0.15, 0.2) is 291 Å². The molecule has 99 heavy (non-hydrogen) atoms. The molecule has 13 aromatic carbocycles. The van der Waals surface area contributed by atoms with Crippen LogP contribution < -0.4 is 9.80 Å². The minimum atomic E-state index is -0.238. The molecular weight excluding hydrogens is 1190 g/mol. The second-order valence-corrected chi connectivity index (χ2v) is 32.1. The van der Waals surface area contributed by atoms with Gasteiger partial charge in [0, 0.05) is 39.7 Å². The smallest absolute Gasteiger partial charge is 0.0618 e. The Morgan fingerprint density at radius 2 is 0.545 bits per heavy atom. The van der Waals surface area contributed by atoms with E-state index in [9.17, 15) is 0 Å². The highest BCUT2D eigenvalue weighted by Crippen LogP contribution is 2.65. The van der Waals surface area contributed by atoms with Gasteiger partial charge in [0.2, 0.25) is 0 Å². The Hall–Kier alpha value is -10.5. The Bertz CT molecular complexity index is 4780. The maximum atomic E-state index is 2.75. The highest BCUT2D eigenvalue weighted by atomic mass is 15.2. The molecule has 13 aromatic rings. The second kappa shape index (κ2) is 24.2. The van der Waals surface area contributed by atoms with Crippen LogP contribution in [0.1, 0.15) is 162 Å². The first kappa shape index (κ1) is 63.2. The summed E-state index contributed by atoms with van der Waals surface area (Å²) in [5, 5.41) is 0. The van der Waals surface area contributed by atoms with Crippen LogP contribution in [0.5, 0.6) is 0 Å². The molecule has 0 bridgehead atoms. The van der Waals surface area contributed by atoms with E-state index in [1.807, 2.05) is 0 Å². The molecule has 0 saturated heterocycles. The van der Waals surface area contributed by atoms with Crippen molar-refractivity contribution >= 4 is 34.1 Å². The molecule has 1 aliphatic carbocycles. The van der Waals surface area contributed by atoms with Crippen molar-refractivity contribution in [2.24, 2.45) is 0 Å². The van der Waals surface area contributed by atoms with Gasteiger partial charge in [0.25, 0.3) is 0 Å². The molecule has 2 nitrogen and oxygen atoms in total. The van der Waals surface area contributed by atoms with Crippen LogP contribution in [0.3, 0.4) is 0 Å². The lowest BCUT2D eigenvalue weighted by molar-refractivity contribution is 0.590. The zero-order valence-corrected chi connectivity index (χ0v) is 59.5. The Kier molecular flexibility index (Phi) is 15.4. The van der Waals surface area contributed by atoms with E-state index in [1.165, 1.54) is 145 Å². The van der Waals surface area contributed by atoms with Crippen molar-refractivity contribution in [2.45, 2.75) is 123 Å². The first-order valence-corrected chi connectivity index (χ1v) is 35.7. The van der Waals surface area contributed by atoms with E-state index in [0.29, 0.717) is 0 Å².